The third kappa shape index (κ3) is 1.94. The van der Waals surface area contributed by atoms with Crippen molar-refractivity contribution in [2.75, 3.05) is 13.4 Å². The summed E-state index contributed by atoms with van der Waals surface area (Å²) in [6.07, 6.45) is 3.87. The molecule has 0 radical (unpaired) electrons. The molecule has 0 spiro atoms. The molecule has 0 saturated heterocycles. The van der Waals surface area contributed by atoms with E-state index in [2.05, 4.69) is 4.98 Å². The second kappa shape index (κ2) is 3.10. The lowest BCUT2D eigenvalue weighted by Crippen LogP contribution is -1.98. The highest BCUT2D eigenvalue weighted by atomic mass is 32.2. The Labute approximate surface area is 71.1 Å². The normalized spacial score (nSPS) is 11.2. The maximum Gasteiger partial charge on any atom is 0.177 e. The van der Waals surface area contributed by atoms with Gasteiger partial charge in [0.15, 0.2) is 9.84 Å². The molecule has 1 aromatic rings. The summed E-state index contributed by atoms with van der Waals surface area (Å²) in [6, 6.07) is 1.43. The van der Waals surface area contributed by atoms with E-state index < -0.39 is 9.84 Å². The van der Waals surface area contributed by atoms with E-state index in [9.17, 15) is 8.42 Å². The van der Waals surface area contributed by atoms with Crippen molar-refractivity contribution < 1.29 is 13.2 Å². The number of pyridine rings is 1. The van der Waals surface area contributed by atoms with Crippen LogP contribution >= 0.6 is 0 Å². The lowest BCUT2D eigenvalue weighted by molar-refractivity contribution is 0.411. The van der Waals surface area contributed by atoms with Gasteiger partial charge in [-0.15, -0.1) is 0 Å². The van der Waals surface area contributed by atoms with Gasteiger partial charge < -0.3 is 4.74 Å². The second-order valence-corrected chi connectivity index (χ2v) is 4.35. The van der Waals surface area contributed by atoms with Gasteiger partial charge in [-0.05, 0) is 0 Å². The fourth-order valence-corrected chi connectivity index (χ4v) is 1.30. The fraction of sp³-hybridized carbons (Fsp3) is 0.286. The van der Waals surface area contributed by atoms with Crippen molar-refractivity contribution in [3.63, 3.8) is 0 Å². The van der Waals surface area contributed by atoms with Crippen LogP contribution in [0.3, 0.4) is 0 Å². The predicted molar refractivity (Wildman–Crippen MR) is 43.9 cm³/mol. The molecular formula is C7H9NO3S. The summed E-state index contributed by atoms with van der Waals surface area (Å²) >= 11 is 0. The molecule has 12 heavy (non-hydrogen) atoms. The van der Waals surface area contributed by atoms with Gasteiger partial charge >= 0.3 is 0 Å². The van der Waals surface area contributed by atoms with E-state index >= 15 is 0 Å². The van der Waals surface area contributed by atoms with Crippen LogP contribution in [0.4, 0.5) is 0 Å². The number of rotatable bonds is 2. The van der Waals surface area contributed by atoms with Crippen LogP contribution in [0.25, 0.3) is 0 Å². The minimum Gasteiger partial charge on any atom is -0.495 e. The van der Waals surface area contributed by atoms with Gasteiger partial charge in [-0.3, -0.25) is 4.98 Å². The van der Waals surface area contributed by atoms with Crippen molar-refractivity contribution in [1.82, 2.24) is 4.98 Å². The van der Waals surface area contributed by atoms with Crippen LogP contribution in [-0.2, 0) is 9.84 Å². The summed E-state index contributed by atoms with van der Waals surface area (Å²) in [5.74, 6) is 0.443. The molecule has 1 heterocycles. The average molecular weight is 187 g/mol. The summed E-state index contributed by atoms with van der Waals surface area (Å²) in [5, 5.41) is 0. The Morgan fingerprint density at radius 3 is 2.58 bits per heavy atom. The zero-order valence-corrected chi connectivity index (χ0v) is 7.63. The maximum atomic E-state index is 11.0. The van der Waals surface area contributed by atoms with Crippen LogP contribution in [0.1, 0.15) is 0 Å². The van der Waals surface area contributed by atoms with E-state index in [1.165, 1.54) is 25.6 Å². The third-order valence-corrected chi connectivity index (χ3v) is 2.43. The molecule has 0 amide bonds. The van der Waals surface area contributed by atoms with Crippen LogP contribution in [0, 0.1) is 0 Å². The van der Waals surface area contributed by atoms with Gasteiger partial charge in [0.2, 0.25) is 0 Å². The first-order valence-electron chi connectivity index (χ1n) is 3.23. The van der Waals surface area contributed by atoms with E-state index in [0.29, 0.717) is 5.75 Å². The van der Waals surface area contributed by atoms with Gasteiger partial charge in [0, 0.05) is 18.5 Å². The Hall–Kier alpha value is -1.10. The fourth-order valence-electron chi connectivity index (χ4n) is 0.713. The zero-order valence-electron chi connectivity index (χ0n) is 6.81. The Kier molecular flexibility index (Phi) is 2.32. The van der Waals surface area contributed by atoms with Crippen LogP contribution in [0.2, 0.25) is 0 Å². The highest BCUT2D eigenvalue weighted by Crippen LogP contribution is 2.14. The number of hydrogen-bond acceptors (Lipinski definition) is 4. The lowest BCUT2D eigenvalue weighted by Gasteiger charge is -2.00. The van der Waals surface area contributed by atoms with Crippen LogP contribution < -0.4 is 4.74 Å². The van der Waals surface area contributed by atoms with E-state index in [1.807, 2.05) is 0 Å². The third-order valence-electron chi connectivity index (χ3n) is 1.35. The molecule has 0 unspecified atom stereocenters. The number of ether oxygens (including phenoxy) is 1. The van der Waals surface area contributed by atoms with Crippen LogP contribution in [0.5, 0.6) is 5.75 Å². The topological polar surface area (TPSA) is 56.3 Å². The number of nitrogens with zero attached hydrogens (tertiary/aromatic N) is 1. The molecule has 0 aliphatic rings. The Morgan fingerprint density at radius 2 is 2.08 bits per heavy atom. The van der Waals surface area contributed by atoms with E-state index in [-0.39, 0.29) is 4.90 Å². The van der Waals surface area contributed by atoms with Gasteiger partial charge in [0.05, 0.1) is 18.2 Å². The van der Waals surface area contributed by atoms with Crippen LogP contribution in [0.15, 0.2) is 23.4 Å². The number of methoxy groups -OCH3 is 1. The predicted octanol–water partition coefficient (Wildman–Crippen LogP) is 0.494. The first kappa shape index (κ1) is 8.99. The van der Waals surface area contributed by atoms with Crippen molar-refractivity contribution in [3.05, 3.63) is 18.5 Å². The van der Waals surface area contributed by atoms with Crippen molar-refractivity contribution in [2.45, 2.75) is 4.90 Å². The molecule has 0 aliphatic carbocycles. The highest BCUT2D eigenvalue weighted by Gasteiger charge is 2.07. The molecule has 0 atom stereocenters. The molecule has 0 fully saturated rings. The Bertz CT molecular complexity index is 372. The number of aromatic nitrogens is 1. The zero-order chi connectivity index (χ0) is 9.19. The van der Waals surface area contributed by atoms with Gasteiger partial charge in [0.1, 0.15) is 5.75 Å². The van der Waals surface area contributed by atoms with Gasteiger partial charge in [-0.1, -0.05) is 0 Å². The van der Waals surface area contributed by atoms with Crippen molar-refractivity contribution in [2.24, 2.45) is 0 Å². The summed E-state index contributed by atoms with van der Waals surface area (Å²) in [5.41, 5.74) is 0. The monoisotopic (exact) mass is 187 g/mol. The molecule has 5 heteroatoms. The van der Waals surface area contributed by atoms with E-state index in [1.54, 1.807) is 0 Å². The van der Waals surface area contributed by atoms with Gasteiger partial charge in [0.25, 0.3) is 0 Å². The largest absolute Gasteiger partial charge is 0.495 e. The molecule has 0 saturated carbocycles. The maximum absolute atomic E-state index is 11.0. The molecule has 4 nitrogen and oxygen atoms in total. The minimum absolute atomic E-state index is 0.168. The smallest absolute Gasteiger partial charge is 0.177 e. The first-order chi connectivity index (χ1) is 5.54. The van der Waals surface area contributed by atoms with Crippen LogP contribution in [-0.4, -0.2) is 26.8 Å². The number of hydrogen-bond donors (Lipinski definition) is 0. The summed E-state index contributed by atoms with van der Waals surface area (Å²) in [4.78, 5) is 3.89. The Balaban J connectivity index is 3.20. The molecule has 66 valence electrons. The summed E-state index contributed by atoms with van der Waals surface area (Å²) in [6.45, 7) is 0. The molecule has 0 N–H and O–H groups in total. The first-order valence-corrected chi connectivity index (χ1v) is 5.12. The van der Waals surface area contributed by atoms with Gasteiger partial charge in [-0.2, -0.15) is 0 Å². The van der Waals surface area contributed by atoms with Crippen molar-refractivity contribution >= 4 is 9.84 Å². The number of sulfone groups is 1. The molecular weight excluding hydrogens is 178 g/mol. The molecule has 0 aromatic carbocycles. The minimum atomic E-state index is -3.18. The lowest BCUT2D eigenvalue weighted by atomic mass is 10.5. The molecule has 1 rings (SSSR count). The van der Waals surface area contributed by atoms with E-state index in [4.69, 9.17) is 4.74 Å². The SMILES string of the molecule is COc1cncc(S(C)(=O)=O)c1. The van der Waals surface area contributed by atoms with Crippen molar-refractivity contribution in [1.29, 1.82) is 0 Å². The summed E-state index contributed by atoms with van der Waals surface area (Å²) < 4.78 is 26.8. The molecule has 0 aliphatic heterocycles. The molecule has 1 aromatic heterocycles. The van der Waals surface area contributed by atoms with Crippen molar-refractivity contribution in [3.8, 4) is 5.75 Å². The van der Waals surface area contributed by atoms with E-state index in [0.717, 1.165) is 6.26 Å². The average Bonchev–Trinajstić information content (AvgIpc) is 2.03. The van der Waals surface area contributed by atoms with Gasteiger partial charge in [-0.25, -0.2) is 8.42 Å². The Morgan fingerprint density at radius 1 is 1.42 bits per heavy atom. The quantitative estimate of drug-likeness (QED) is 0.676. The summed E-state index contributed by atoms with van der Waals surface area (Å²) in [7, 11) is -1.72. The second-order valence-electron chi connectivity index (χ2n) is 2.33. The highest BCUT2D eigenvalue weighted by molar-refractivity contribution is 7.90. The standard InChI is InChI=1S/C7H9NO3S/c1-11-6-3-7(5-8-4-6)12(2,9)10/h3-5H,1-2H3. The molecule has 0 bridgehead atoms.